The average molecular weight is 310 g/mol. The lowest BCUT2D eigenvalue weighted by atomic mass is 9.89. The van der Waals surface area contributed by atoms with Crippen LogP contribution in [0.2, 0.25) is 0 Å². The topological polar surface area (TPSA) is 59.1 Å². The Bertz CT molecular complexity index is 442. The second-order valence-corrected chi connectivity index (χ2v) is 6.65. The van der Waals surface area contributed by atoms with Gasteiger partial charge in [0.05, 0.1) is 26.3 Å². The largest absolute Gasteiger partial charge is 0.453 e. The van der Waals surface area contributed by atoms with E-state index in [1.165, 1.54) is 14.2 Å². The summed E-state index contributed by atoms with van der Waals surface area (Å²) in [5.41, 5.74) is 0. The van der Waals surface area contributed by atoms with Crippen molar-refractivity contribution in [2.24, 2.45) is 5.92 Å². The van der Waals surface area contributed by atoms with E-state index in [0.29, 0.717) is 5.92 Å². The van der Waals surface area contributed by atoms with Gasteiger partial charge in [-0.25, -0.2) is 9.59 Å². The van der Waals surface area contributed by atoms with E-state index in [4.69, 9.17) is 9.47 Å². The maximum atomic E-state index is 12.4. The Morgan fingerprint density at radius 1 is 0.818 bits per heavy atom. The van der Waals surface area contributed by atoms with Crippen LogP contribution < -0.4 is 0 Å². The van der Waals surface area contributed by atoms with Crippen LogP contribution in [0.5, 0.6) is 0 Å². The Hall–Kier alpha value is -1.46. The summed E-state index contributed by atoms with van der Waals surface area (Å²) in [6.45, 7) is 0.740. The minimum Gasteiger partial charge on any atom is -0.453 e. The molecule has 6 nitrogen and oxygen atoms in total. The minimum atomic E-state index is -0.266. The first-order chi connectivity index (χ1) is 10.7. The zero-order valence-corrected chi connectivity index (χ0v) is 13.5. The van der Waals surface area contributed by atoms with E-state index in [2.05, 4.69) is 0 Å². The normalized spacial score (nSPS) is 34.5. The first-order valence-electron chi connectivity index (χ1n) is 8.38. The van der Waals surface area contributed by atoms with Gasteiger partial charge in [-0.3, -0.25) is 4.90 Å². The molecule has 22 heavy (non-hydrogen) atoms. The third-order valence-corrected chi connectivity index (χ3v) is 5.72. The van der Waals surface area contributed by atoms with Gasteiger partial charge in [-0.2, -0.15) is 0 Å². The number of nitrogens with zero attached hydrogens (tertiary/aromatic N) is 2. The fourth-order valence-electron chi connectivity index (χ4n) is 4.73. The van der Waals surface area contributed by atoms with Crippen LogP contribution in [0, 0.1) is 5.92 Å². The fourth-order valence-corrected chi connectivity index (χ4v) is 4.73. The van der Waals surface area contributed by atoms with E-state index in [1.807, 2.05) is 9.80 Å². The van der Waals surface area contributed by atoms with Gasteiger partial charge in [0.2, 0.25) is 0 Å². The lowest BCUT2D eigenvalue weighted by Crippen LogP contribution is -2.58. The summed E-state index contributed by atoms with van der Waals surface area (Å²) in [6.07, 6.45) is 6.72. The van der Waals surface area contributed by atoms with E-state index < -0.39 is 0 Å². The molecule has 2 amide bonds. The average Bonchev–Trinajstić information content (AvgIpc) is 2.95. The Morgan fingerprint density at radius 2 is 1.50 bits per heavy atom. The molecular weight excluding hydrogens is 284 g/mol. The number of fused-ring (bicyclic) bond motifs is 7. The van der Waals surface area contributed by atoms with Crippen molar-refractivity contribution in [3.05, 3.63) is 0 Å². The van der Waals surface area contributed by atoms with Crippen molar-refractivity contribution in [1.29, 1.82) is 0 Å². The van der Waals surface area contributed by atoms with Gasteiger partial charge in [0.15, 0.2) is 0 Å². The van der Waals surface area contributed by atoms with E-state index >= 15 is 0 Å². The lowest BCUT2D eigenvalue weighted by molar-refractivity contribution is 0.0226. The minimum absolute atomic E-state index is 0.0552. The summed E-state index contributed by atoms with van der Waals surface area (Å²) in [6, 6.07) is 0.383. The van der Waals surface area contributed by atoms with Gasteiger partial charge in [-0.1, -0.05) is 12.8 Å². The van der Waals surface area contributed by atoms with Crippen molar-refractivity contribution in [2.45, 2.75) is 63.1 Å². The molecule has 3 rings (SSSR count). The number of hydrogen-bond acceptors (Lipinski definition) is 4. The summed E-state index contributed by atoms with van der Waals surface area (Å²) in [5.74, 6) is 0.458. The van der Waals surface area contributed by atoms with Crippen LogP contribution in [0.4, 0.5) is 9.59 Å². The molecule has 0 aromatic rings. The van der Waals surface area contributed by atoms with Gasteiger partial charge < -0.3 is 14.4 Å². The van der Waals surface area contributed by atoms with Gasteiger partial charge in [0.25, 0.3) is 0 Å². The molecule has 0 aromatic carbocycles. The van der Waals surface area contributed by atoms with Crippen LogP contribution in [-0.4, -0.2) is 60.9 Å². The summed E-state index contributed by atoms with van der Waals surface area (Å²) in [5, 5.41) is 0. The number of rotatable bonds is 0. The van der Waals surface area contributed by atoms with Gasteiger partial charge >= 0.3 is 12.2 Å². The highest BCUT2D eigenvalue weighted by Gasteiger charge is 2.48. The smallest absolute Gasteiger partial charge is 0.410 e. The number of amides is 2. The number of likely N-dealkylation sites (tertiary alicyclic amines) is 1. The summed E-state index contributed by atoms with van der Waals surface area (Å²) >= 11 is 0. The van der Waals surface area contributed by atoms with Crippen molar-refractivity contribution in [2.75, 3.05) is 20.8 Å². The molecule has 3 aliphatic rings. The van der Waals surface area contributed by atoms with E-state index in [0.717, 1.165) is 51.5 Å². The van der Waals surface area contributed by atoms with Crippen LogP contribution >= 0.6 is 0 Å². The lowest BCUT2D eigenvalue weighted by Gasteiger charge is -2.44. The van der Waals surface area contributed by atoms with Crippen LogP contribution in [0.1, 0.15) is 44.9 Å². The Kier molecular flexibility index (Phi) is 4.45. The monoisotopic (exact) mass is 310 g/mol. The summed E-state index contributed by atoms with van der Waals surface area (Å²) < 4.78 is 10.1. The Balaban J connectivity index is 1.98. The maximum absolute atomic E-state index is 12.4. The molecule has 3 aliphatic heterocycles. The second-order valence-electron chi connectivity index (χ2n) is 6.65. The molecule has 3 saturated heterocycles. The van der Waals surface area contributed by atoms with Crippen molar-refractivity contribution in [1.82, 2.24) is 9.80 Å². The Labute approximate surface area is 131 Å². The van der Waals surface area contributed by atoms with Crippen molar-refractivity contribution in [3.63, 3.8) is 0 Å². The van der Waals surface area contributed by atoms with Gasteiger partial charge in [0.1, 0.15) is 0 Å². The standard InChI is InChI=1S/C16H26N2O4/c1-21-15(19)17-10-9-11-7-8-13(17)14-6-4-3-5-12(11)18(14)16(20)22-2/h11-14H,3-10H2,1-2H3/t11-,12+,13-,14+/m1/s1. The van der Waals surface area contributed by atoms with Crippen molar-refractivity contribution < 1.29 is 19.1 Å². The third kappa shape index (κ3) is 2.52. The zero-order chi connectivity index (χ0) is 15.7. The van der Waals surface area contributed by atoms with E-state index in [9.17, 15) is 9.59 Å². The highest BCUT2D eigenvalue weighted by atomic mass is 16.5. The first-order valence-corrected chi connectivity index (χ1v) is 8.38. The van der Waals surface area contributed by atoms with Crippen LogP contribution in [0.15, 0.2) is 0 Å². The van der Waals surface area contributed by atoms with Crippen molar-refractivity contribution >= 4 is 12.2 Å². The summed E-state index contributed by atoms with van der Waals surface area (Å²) in [4.78, 5) is 28.4. The maximum Gasteiger partial charge on any atom is 0.410 e. The molecule has 4 bridgehead atoms. The van der Waals surface area contributed by atoms with E-state index in [1.54, 1.807) is 0 Å². The van der Waals surface area contributed by atoms with Crippen LogP contribution in [0.3, 0.4) is 0 Å². The number of hydrogen-bond donors (Lipinski definition) is 0. The van der Waals surface area contributed by atoms with Crippen LogP contribution in [0.25, 0.3) is 0 Å². The molecule has 0 unspecified atom stereocenters. The third-order valence-electron chi connectivity index (χ3n) is 5.72. The van der Waals surface area contributed by atoms with Crippen molar-refractivity contribution in [3.8, 4) is 0 Å². The molecule has 6 heteroatoms. The fraction of sp³-hybridized carbons (Fsp3) is 0.875. The molecule has 3 heterocycles. The molecule has 0 spiro atoms. The molecule has 0 aliphatic carbocycles. The Morgan fingerprint density at radius 3 is 2.18 bits per heavy atom. The van der Waals surface area contributed by atoms with Gasteiger partial charge in [-0.15, -0.1) is 0 Å². The quantitative estimate of drug-likeness (QED) is 0.690. The molecule has 0 radical (unpaired) electrons. The SMILES string of the molecule is COC(=O)N1CC[C@H]2CC[C@@H]1[C@@H]1CCCC[C@@H]2N1C(=O)OC. The molecular formula is C16H26N2O4. The summed E-state index contributed by atoms with van der Waals surface area (Å²) in [7, 11) is 2.88. The zero-order valence-electron chi connectivity index (χ0n) is 13.5. The van der Waals surface area contributed by atoms with Crippen LogP contribution in [-0.2, 0) is 9.47 Å². The second kappa shape index (κ2) is 6.34. The number of methoxy groups -OCH3 is 2. The molecule has 0 saturated carbocycles. The molecule has 0 aromatic heterocycles. The number of carbonyl (C=O) groups is 2. The van der Waals surface area contributed by atoms with Gasteiger partial charge in [0, 0.05) is 12.6 Å². The number of carbonyl (C=O) groups excluding carboxylic acids is 2. The highest BCUT2D eigenvalue weighted by Crippen LogP contribution is 2.41. The molecule has 0 N–H and O–H groups in total. The van der Waals surface area contributed by atoms with E-state index in [-0.39, 0.29) is 30.3 Å². The van der Waals surface area contributed by atoms with Gasteiger partial charge in [-0.05, 0) is 38.0 Å². The highest BCUT2D eigenvalue weighted by molar-refractivity contribution is 5.70. The first kappa shape index (κ1) is 15.4. The molecule has 3 fully saturated rings. The predicted octanol–water partition coefficient (Wildman–Crippen LogP) is 2.62. The molecule has 124 valence electrons. The molecule has 4 atom stereocenters. The number of ether oxygens (including phenoxy) is 2. The predicted molar refractivity (Wildman–Crippen MR) is 80.5 cm³/mol.